The van der Waals surface area contributed by atoms with Crippen molar-refractivity contribution >= 4 is 5.82 Å². The third-order valence-electron chi connectivity index (χ3n) is 3.35. The third-order valence-corrected chi connectivity index (χ3v) is 3.35. The van der Waals surface area contributed by atoms with E-state index in [1.165, 1.54) is 0 Å². The normalized spacial score (nSPS) is 19.0. The first-order chi connectivity index (χ1) is 8.18. The van der Waals surface area contributed by atoms with Crippen LogP contribution in [0.5, 0.6) is 0 Å². The van der Waals surface area contributed by atoms with E-state index in [1.54, 1.807) is 13.1 Å². The molecule has 94 valence electrons. The van der Waals surface area contributed by atoms with Gasteiger partial charge in [-0.15, -0.1) is 0 Å². The van der Waals surface area contributed by atoms with Gasteiger partial charge in [0.15, 0.2) is 0 Å². The molecule has 0 aromatic carbocycles. The van der Waals surface area contributed by atoms with Gasteiger partial charge in [-0.05, 0) is 31.4 Å². The van der Waals surface area contributed by atoms with Crippen molar-refractivity contribution in [3.63, 3.8) is 0 Å². The Labute approximate surface area is 102 Å². The summed E-state index contributed by atoms with van der Waals surface area (Å²) in [5, 5.41) is 9.43. The first-order valence-corrected chi connectivity index (χ1v) is 6.13. The van der Waals surface area contributed by atoms with Crippen LogP contribution in [-0.2, 0) is 4.74 Å². The quantitative estimate of drug-likeness (QED) is 0.868. The summed E-state index contributed by atoms with van der Waals surface area (Å²) in [5.74, 6) is 0.960. The van der Waals surface area contributed by atoms with Crippen molar-refractivity contribution < 1.29 is 9.84 Å². The first-order valence-electron chi connectivity index (χ1n) is 6.13. The number of rotatable bonds is 3. The largest absolute Gasteiger partial charge is 0.389 e. The molecule has 2 heterocycles. The van der Waals surface area contributed by atoms with E-state index in [0.29, 0.717) is 6.04 Å². The van der Waals surface area contributed by atoms with Crippen molar-refractivity contribution in [2.45, 2.75) is 31.9 Å². The molecule has 0 saturated carbocycles. The molecular formula is C13H20N2O2. The van der Waals surface area contributed by atoms with Crippen LogP contribution in [0.1, 0.15) is 31.4 Å². The predicted molar refractivity (Wildman–Crippen MR) is 67.1 cm³/mol. The molecule has 0 amide bonds. The minimum absolute atomic E-state index is 0.454. The number of hydrogen-bond donors (Lipinski definition) is 1. The Morgan fingerprint density at radius 1 is 1.41 bits per heavy atom. The Hall–Kier alpha value is -1.13. The van der Waals surface area contributed by atoms with E-state index < -0.39 is 6.10 Å². The highest BCUT2D eigenvalue weighted by Gasteiger charge is 2.19. The predicted octanol–water partition coefficient (Wildman–Crippen LogP) is 1.75. The maximum Gasteiger partial charge on any atom is 0.128 e. The minimum atomic E-state index is -0.454. The number of anilines is 1. The lowest BCUT2D eigenvalue weighted by Gasteiger charge is -2.32. The number of ether oxygens (including phenoxy) is 1. The van der Waals surface area contributed by atoms with Crippen molar-refractivity contribution in [1.82, 2.24) is 4.98 Å². The number of hydrogen-bond acceptors (Lipinski definition) is 4. The standard InChI is InChI=1S/C13H20N2O2/c1-10(16)11-3-4-13(14-9-11)15(2)12-5-7-17-8-6-12/h3-4,9-10,12,16H,5-8H2,1-2H3/t10-/m0/s1. The minimum Gasteiger partial charge on any atom is -0.389 e. The molecule has 0 unspecified atom stereocenters. The van der Waals surface area contributed by atoms with Gasteiger partial charge < -0.3 is 14.7 Å². The molecule has 0 aliphatic carbocycles. The average molecular weight is 236 g/mol. The monoisotopic (exact) mass is 236 g/mol. The molecule has 1 fully saturated rings. The first kappa shape index (κ1) is 12.3. The average Bonchev–Trinajstić information content (AvgIpc) is 2.39. The molecule has 1 aromatic rings. The Balaban J connectivity index is 2.05. The molecule has 2 rings (SSSR count). The molecule has 4 heteroatoms. The number of pyridine rings is 1. The summed E-state index contributed by atoms with van der Waals surface area (Å²) >= 11 is 0. The lowest BCUT2D eigenvalue weighted by Crippen LogP contribution is -2.37. The number of nitrogens with zero attached hydrogens (tertiary/aromatic N) is 2. The van der Waals surface area contributed by atoms with Gasteiger partial charge in [-0.25, -0.2) is 4.98 Å². The zero-order valence-electron chi connectivity index (χ0n) is 10.5. The smallest absolute Gasteiger partial charge is 0.128 e. The highest BCUT2D eigenvalue weighted by atomic mass is 16.5. The SMILES string of the molecule is C[C@H](O)c1ccc(N(C)C2CCOCC2)nc1. The van der Waals surface area contributed by atoms with E-state index in [2.05, 4.69) is 16.9 Å². The fourth-order valence-corrected chi connectivity index (χ4v) is 2.11. The molecule has 0 bridgehead atoms. The van der Waals surface area contributed by atoms with Gasteiger partial charge in [0.1, 0.15) is 5.82 Å². The molecule has 1 aliphatic heterocycles. The van der Waals surface area contributed by atoms with Crippen LogP contribution in [0.15, 0.2) is 18.3 Å². The van der Waals surface area contributed by atoms with Crippen LogP contribution in [0.3, 0.4) is 0 Å². The van der Waals surface area contributed by atoms with Crippen LogP contribution < -0.4 is 4.90 Å². The van der Waals surface area contributed by atoms with E-state index >= 15 is 0 Å². The van der Waals surface area contributed by atoms with Crippen molar-refractivity contribution in [3.8, 4) is 0 Å². The van der Waals surface area contributed by atoms with Gasteiger partial charge in [-0.1, -0.05) is 6.07 Å². The van der Waals surface area contributed by atoms with Crippen LogP contribution >= 0.6 is 0 Å². The van der Waals surface area contributed by atoms with Gasteiger partial charge >= 0.3 is 0 Å². The summed E-state index contributed by atoms with van der Waals surface area (Å²) in [4.78, 5) is 6.60. The van der Waals surface area contributed by atoms with Crippen LogP contribution in [0, 0.1) is 0 Å². The van der Waals surface area contributed by atoms with Crippen molar-refractivity contribution in [2.75, 3.05) is 25.2 Å². The molecular weight excluding hydrogens is 216 g/mol. The molecule has 1 atom stereocenters. The number of aliphatic hydroxyl groups is 1. The van der Waals surface area contributed by atoms with Crippen LogP contribution in [0.4, 0.5) is 5.82 Å². The van der Waals surface area contributed by atoms with E-state index in [-0.39, 0.29) is 0 Å². The van der Waals surface area contributed by atoms with Gasteiger partial charge in [-0.2, -0.15) is 0 Å². The Morgan fingerprint density at radius 2 is 2.12 bits per heavy atom. The zero-order valence-corrected chi connectivity index (χ0v) is 10.5. The molecule has 1 aliphatic rings. The van der Waals surface area contributed by atoms with Gasteiger partial charge in [0.25, 0.3) is 0 Å². The fourth-order valence-electron chi connectivity index (χ4n) is 2.11. The summed E-state index contributed by atoms with van der Waals surface area (Å²) in [6, 6.07) is 4.41. The number of aromatic nitrogens is 1. The van der Waals surface area contributed by atoms with E-state index in [9.17, 15) is 5.11 Å². The van der Waals surface area contributed by atoms with E-state index in [1.807, 2.05) is 12.1 Å². The summed E-state index contributed by atoms with van der Waals surface area (Å²) in [5.41, 5.74) is 0.856. The third kappa shape index (κ3) is 2.96. The van der Waals surface area contributed by atoms with Gasteiger partial charge in [0.2, 0.25) is 0 Å². The number of aliphatic hydroxyl groups excluding tert-OH is 1. The second-order valence-corrected chi connectivity index (χ2v) is 4.58. The van der Waals surface area contributed by atoms with Crippen LogP contribution in [-0.4, -0.2) is 36.4 Å². The van der Waals surface area contributed by atoms with Gasteiger partial charge in [0, 0.05) is 32.5 Å². The van der Waals surface area contributed by atoms with Crippen molar-refractivity contribution in [1.29, 1.82) is 0 Å². The van der Waals surface area contributed by atoms with E-state index in [4.69, 9.17) is 4.74 Å². The molecule has 4 nitrogen and oxygen atoms in total. The summed E-state index contributed by atoms with van der Waals surface area (Å²) < 4.78 is 5.36. The van der Waals surface area contributed by atoms with Crippen molar-refractivity contribution in [3.05, 3.63) is 23.9 Å². The maximum absolute atomic E-state index is 9.43. The van der Waals surface area contributed by atoms with Crippen LogP contribution in [0.2, 0.25) is 0 Å². The fraction of sp³-hybridized carbons (Fsp3) is 0.615. The summed E-state index contributed by atoms with van der Waals surface area (Å²) in [7, 11) is 2.07. The molecule has 0 spiro atoms. The Bertz CT molecular complexity index is 345. The second kappa shape index (κ2) is 5.47. The topological polar surface area (TPSA) is 45.6 Å². The van der Waals surface area contributed by atoms with E-state index in [0.717, 1.165) is 37.4 Å². The highest BCUT2D eigenvalue weighted by Crippen LogP contribution is 2.20. The van der Waals surface area contributed by atoms with Gasteiger partial charge in [-0.3, -0.25) is 0 Å². The summed E-state index contributed by atoms with van der Waals surface area (Å²) in [6.07, 6.45) is 3.40. The zero-order chi connectivity index (χ0) is 12.3. The molecule has 1 aromatic heterocycles. The van der Waals surface area contributed by atoms with Crippen LogP contribution in [0.25, 0.3) is 0 Å². The highest BCUT2D eigenvalue weighted by molar-refractivity contribution is 5.40. The second-order valence-electron chi connectivity index (χ2n) is 4.58. The lowest BCUT2D eigenvalue weighted by molar-refractivity contribution is 0.0853. The molecule has 1 saturated heterocycles. The lowest BCUT2D eigenvalue weighted by atomic mass is 10.1. The van der Waals surface area contributed by atoms with Crippen molar-refractivity contribution in [2.24, 2.45) is 0 Å². The summed E-state index contributed by atoms with van der Waals surface area (Å²) in [6.45, 7) is 3.42. The maximum atomic E-state index is 9.43. The Kier molecular flexibility index (Phi) is 3.97. The van der Waals surface area contributed by atoms with Gasteiger partial charge in [0.05, 0.1) is 6.10 Å². The Morgan fingerprint density at radius 3 is 2.65 bits per heavy atom. The molecule has 1 N–H and O–H groups in total. The molecule has 0 radical (unpaired) electrons. The molecule has 17 heavy (non-hydrogen) atoms.